The summed E-state index contributed by atoms with van der Waals surface area (Å²) >= 11 is 0. The van der Waals surface area contributed by atoms with Gasteiger partial charge in [0.25, 0.3) is 18.5 Å². The van der Waals surface area contributed by atoms with Gasteiger partial charge in [-0.25, -0.2) is 26.3 Å². The van der Waals surface area contributed by atoms with E-state index in [0.717, 1.165) is 12.1 Å². The lowest BCUT2D eigenvalue weighted by molar-refractivity contribution is -0.384. The molecule has 0 amide bonds. The minimum absolute atomic E-state index is 0.459. The molecular formula is C10H8F6N2O2. The molecule has 0 aliphatic rings. The van der Waals surface area contributed by atoms with Crippen LogP contribution >= 0.6 is 0 Å². The van der Waals surface area contributed by atoms with Crippen molar-refractivity contribution in [2.24, 2.45) is 0 Å². The van der Waals surface area contributed by atoms with E-state index in [1.807, 2.05) is 0 Å². The zero-order chi connectivity index (χ0) is 15.4. The standard InChI is InChI=1S/C10H8F6N2O2/c11-7(12)9(15)17(10(16)8(13)14)5-1-3-6(4-2-5)18(19)20/h1-4,7-10H. The number of rotatable bonds is 6. The molecule has 1 aromatic rings. The number of alkyl halides is 6. The van der Waals surface area contributed by atoms with Gasteiger partial charge in [0.1, 0.15) is 0 Å². The molecule has 1 aromatic carbocycles. The van der Waals surface area contributed by atoms with Crippen molar-refractivity contribution in [3.8, 4) is 0 Å². The van der Waals surface area contributed by atoms with Crippen molar-refractivity contribution < 1.29 is 31.3 Å². The minimum Gasteiger partial charge on any atom is -0.302 e. The van der Waals surface area contributed by atoms with Crippen LogP contribution in [0.15, 0.2) is 24.3 Å². The Morgan fingerprint density at radius 3 is 1.60 bits per heavy atom. The van der Waals surface area contributed by atoms with Gasteiger partial charge in [0.2, 0.25) is 12.6 Å². The van der Waals surface area contributed by atoms with Crippen LogP contribution < -0.4 is 4.90 Å². The SMILES string of the molecule is O=[N+]([O-])c1ccc(N(C(F)C(F)F)C(F)C(F)F)cc1. The summed E-state index contributed by atoms with van der Waals surface area (Å²) in [6, 6.07) is 2.95. The van der Waals surface area contributed by atoms with Gasteiger partial charge >= 0.3 is 0 Å². The van der Waals surface area contributed by atoms with E-state index in [4.69, 9.17) is 0 Å². The monoisotopic (exact) mass is 302 g/mol. The Kier molecular flexibility index (Phi) is 5.17. The summed E-state index contributed by atoms with van der Waals surface area (Å²) in [6.45, 7) is 0. The second-order valence-corrected chi connectivity index (χ2v) is 3.59. The van der Waals surface area contributed by atoms with Gasteiger partial charge < -0.3 is 4.90 Å². The van der Waals surface area contributed by atoms with E-state index >= 15 is 0 Å². The predicted molar refractivity (Wildman–Crippen MR) is 57.4 cm³/mol. The van der Waals surface area contributed by atoms with Crippen LogP contribution in [0, 0.1) is 10.1 Å². The lowest BCUT2D eigenvalue weighted by Gasteiger charge is -2.30. The van der Waals surface area contributed by atoms with Crippen molar-refractivity contribution >= 4 is 11.4 Å². The number of hydrogen-bond acceptors (Lipinski definition) is 3. The Morgan fingerprint density at radius 2 is 1.30 bits per heavy atom. The number of anilines is 1. The molecule has 0 aliphatic heterocycles. The lowest BCUT2D eigenvalue weighted by Crippen LogP contribution is -2.46. The molecule has 0 saturated heterocycles. The average molecular weight is 302 g/mol. The summed E-state index contributed by atoms with van der Waals surface area (Å²) < 4.78 is 75.5. The van der Waals surface area contributed by atoms with Crippen LogP contribution in [0.5, 0.6) is 0 Å². The first-order valence-electron chi connectivity index (χ1n) is 5.13. The van der Waals surface area contributed by atoms with Crippen molar-refractivity contribution in [1.82, 2.24) is 0 Å². The van der Waals surface area contributed by atoms with Crippen LogP contribution in [0.2, 0.25) is 0 Å². The van der Waals surface area contributed by atoms with E-state index in [0.29, 0.717) is 12.1 Å². The zero-order valence-corrected chi connectivity index (χ0v) is 9.60. The first-order chi connectivity index (χ1) is 9.25. The molecule has 0 saturated carbocycles. The third-order valence-electron chi connectivity index (χ3n) is 2.31. The molecule has 0 bridgehead atoms. The fourth-order valence-corrected chi connectivity index (χ4v) is 1.41. The van der Waals surface area contributed by atoms with E-state index in [2.05, 4.69) is 0 Å². The highest BCUT2D eigenvalue weighted by molar-refractivity contribution is 5.52. The number of halogens is 6. The second-order valence-electron chi connectivity index (χ2n) is 3.59. The number of nitro benzene ring substituents is 1. The molecule has 0 N–H and O–H groups in total. The summed E-state index contributed by atoms with van der Waals surface area (Å²) in [6.07, 6.45) is -14.1. The van der Waals surface area contributed by atoms with Gasteiger partial charge in [-0.1, -0.05) is 0 Å². The highest BCUT2D eigenvalue weighted by Crippen LogP contribution is 2.29. The van der Waals surface area contributed by atoms with E-state index in [1.165, 1.54) is 0 Å². The Labute approximate surface area is 108 Å². The fraction of sp³-hybridized carbons (Fsp3) is 0.400. The van der Waals surface area contributed by atoms with Gasteiger partial charge in [-0.2, -0.15) is 0 Å². The van der Waals surface area contributed by atoms with Gasteiger partial charge in [-0.15, -0.1) is 0 Å². The molecule has 0 fully saturated rings. The normalized spacial score (nSPS) is 14.4. The molecule has 20 heavy (non-hydrogen) atoms. The van der Waals surface area contributed by atoms with Gasteiger partial charge in [0, 0.05) is 17.8 Å². The van der Waals surface area contributed by atoms with Crippen LogP contribution in [-0.4, -0.2) is 30.4 Å². The Hall–Kier alpha value is -2.00. The molecule has 4 nitrogen and oxygen atoms in total. The molecule has 0 spiro atoms. The molecule has 0 aliphatic carbocycles. The van der Waals surface area contributed by atoms with Crippen molar-refractivity contribution in [2.45, 2.75) is 25.4 Å². The topological polar surface area (TPSA) is 46.4 Å². The highest BCUT2D eigenvalue weighted by atomic mass is 19.3. The van der Waals surface area contributed by atoms with Gasteiger partial charge in [0.05, 0.1) is 4.92 Å². The number of hydrogen-bond donors (Lipinski definition) is 0. The summed E-state index contributed by atoms with van der Waals surface area (Å²) in [4.78, 5) is 9.07. The van der Waals surface area contributed by atoms with Crippen LogP contribution in [0.4, 0.5) is 37.7 Å². The summed E-state index contributed by atoms with van der Waals surface area (Å²) in [5.74, 6) is 0. The van der Waals surface area contributed by atoms with E-state index < -0.39 is 46.6 Å². The lowest BCUT2D eigenvalue weighted by atomic mass is 10.2. The van der Waals surface area contributed by atoms with Gasteiger partial charge in [-0.05, 0) is 12.1 Å². The summed E-state index contributed by atoms with van der Waals surface area (Å²) in [7, 11) is 0. The van der Waals surface area contributed by atoms with Crippen molar-refractivity contribution in [1.29, 1.82) is 0 Å². The van der Waals surface area contributed by atoms with Crippen molar-refractivity contribution in [3.05, 3.63) is 34.4 Å². The first-order valence-corrected chi connectivity index (χ1v) is 5.13. The number of nitro groups is 1. The molecule has 10 heteroatoms. The van der Waals surface area contributed by atoms with Crippen molar-refractivity contribution in [3.63, 3.8) is 0 Å². The predicted octanol–water partition coefficient (Wildman–Crippen LogP) is 3.52. The minimum atomic E-state index is -3.72. The Bertz CT molecular complexity index is 442. The van der Waals surface area contributed by atoms with Crippen LogP contribution in [0.3, 0.4) is 0 Å². The first kappa shape index (κ1) is 16.1. The molecule has 1 rings (SSSR count). The van der Waals surface area contributed by atoms with E-state index in [9.17, 15) is 36.5 Å². The summed E-state index contributed by atoms with van der Waals surface area (Å²) in [5.41, 5.74) is -1.13. The second kappa shape index (κ2) is 6.44. The maximum absolute atomic E-state index is 13.2. The zero-order valence-electron chi connectivity index (χ0n) is 9.60. The van der Waals surface area contributed by atoms with Gasteiger partial charge in [-0.3, -0.25) is 10.1 Å². The Balaban J connectivity index is 3.13. The fourth-order valence-electron chi connectivity index (χ4n) is 1.41. The molecule has 0 heterocycles. The molecule has 0 aromatic heterocycles. The van der Waals surface area contributed by atoms with Crippen LogP contribution in [0.1, 0.15) is 0 Å². The Morgan fingerprint density at radius 1 is 0.900 bits per heavy atom. The molecule has 0 radical (unpaired) electrons. The average Bonchev–Trinajstić information content (AvgIpc) is 2.39. The third kappa shape index (κ3) is 3.52. The number of non-ortho nitro benzene ring substituents is 1. The molecule has 2 unspecified atom stereocenters. The molecular weight excluding hydrogens is 294 g/mol. The summed E-state index contributed by atoms with van der Waals surface area (Å²) in [5, 5.41) is 10.4. The van der Waals surface area contributed by atoms with Gasteiger partial charge in [0.15, 0.2) is 0 Å². The number of nitrogens with zero attached hydrogens (tertiary/aromatic N) is 2. The van der Waals surface area contributed by atoms with E-state index in [-0.39, 0.29) is 0 Å². The van der Waals surface area contributed by atoms with Crippen LogP contribution in [0.25, 0.3) is 0 Å². The largest absolute Gasteiger partial charge is 0.302 e. The quantitative estimate of drug-likeness (QED) is 0.349. The van der Waals surface area contributed by atoms with E-state index in [1.54, 1.807) is 0 Å². The smallest absolute Gasteiger partial charge is 0.287 e. The maximum atomic E-state index is 13.2. The molecule has 112 valence electrons. The van der Waals surface area contributed by atoms with Crippen molar-refractivity contribution in [2.75, 3.05) is 4.90 Å². The maximum Gasteiger partial charge on any atom is 0.287 e. The third-order valence-corrected chi connectivity index (χ3v) is 2.31. The number of benzene rings is 1. The van der Waals surface area contributed by atoms with Crippen LogP contribution in [-0.2, 0) is 0 Å². The molecule has 2 atom stereocenters. The highest BCUT2D eigenvalue weighted by Gasteiger charge is 2.37.